The predicted octanol–water partition coefficient (Wildman–Crippen LogP) is 15.8. The summed E-state index contributed by atoms with van der Waals surface area (Å²) in [6, 6.07) is 40.3. The highest BCUT2D eigenvalue weighted by atomic mass is 32.2. The summed E-state index contributed by atoms with van der Waals surface area (Å²) in [4.78, 5) is 45.1. The van der Waals surface area contributed by atoms with Crippen molar-refractivity contribution in [3.63, 3.8) is 0 Å². The van der Waals surface area contributed by atoms with E-state index in [4.69, 9.17) is 23.9 Å². The first-order valence-electron chi connectivity index (χ1n) is 35.5. The van der Waals surface area contributed by atoms with E-state index in [1.165, 1.54) is 109 Å². The van der Waals surface area contributed by atoms with E-state index in [2.05, 4.69) is 29.8 Å². The van der Waals surface area contributed by atoms with E-state index in [1.807, 2.05) is 137 Å². The molecule has 6 aromatic rings. The first-order valence-corrected chi connectivity index (χ1v) is 39.8. The molecule has 0 bridgehead atoms. The van der Waals surface area contributed by atoms with Crippen LogP contribution in [0.15, 0.2) is 142 Å². The van der Waals surface area contributed by atoms with Crippen molar-refractivity contribution in [3.05, 3.63) is 177 Å². The van der Waals surface area contributed by atoms with Gasteiger partial charge in [0.15, 0.2) is 0 Å². The third-order valence-corrected chi connectivity index (χ3v) is 23.8. The van der Waals surface area contributed by atoms with Crippen LogP contribution in [0.1, 0.15) is 237 Å². The highest BCUT2D eigenvalue weighted by Gasteiger charge is 2.38. The number of nitrogens with one attached hydrogen (secondary N) is 3. The number of sulfonamides is 3. The van der Waals surface area contributed by atoms with E-state index < -0.39 is 30.1 Å². The Labute approximate surface area is 591 Å². The van der Waals surface area contributed by atoms with Crippen molar-refractivity contribution in [2.75, 3.05) is 60.3 Å². The monoisotopic (exact) mass is 1420 g/mol. The van der Waals surface area contributed by atoms with E-state index in [1.54, 1.807) is 39.3 Å². The fourth-order valence-corrected chi connectivity index (χ4v) is 17.6. The second-order valence-electron chi connectivity index (χ2n) is 25.7. The van der Waals surface area contributed by atoms with Gasteiger partial charge in [-0.2, -0.15) is 19.2 Å². The van der Waals surface area contributed by atoms with Gasteiger partial charge < -0.3 is 20.7 Å². The molecule has 3 N–H and O–H groups in total. The molecule has 540 valence electrons. The van der Waals surface area contributed by atoms with Gasteiger partial charge in [-0.25, -0.2) is 25.3 Å². The highest BCUT2D eigenvalue weighted by molar-refractivity contribution is 7.93. The molecule has 0 saturated carbocycles. The number of para-hydroxylation sites is 3. The van der Waals surface area contributed by atoms with Gasteiger partial charge in [0, 0.05) is 27.6 Å². The first-order chi connectivity index (χ1) is 47.6. The average molecular weight is 1420 g/mol. The fourth-order valence-electron chi connectivity index (χ4n) is 13.0. The van der Waals surface area contributed by atoms with Crippen molar-refractivity contribution in [2.45, 2.75) is 222 Å². The van der Waals surface area contributed by atoms with Crippen LogP contribution in [0.4, 0.5) is 17.1 Å². The van der Waals surface area contributed by atoms with Gasteiger partial charge in [0.05, 0.1) is 56.5 Å². The number of fused-ring (bicyclic) bond motifs is 6. The maximum Gasteiger partial charge on any atom is 0.373 e. The molecule has 6 aromatic carbocycles. The van der Waals surface area contributed by atoms with Crippen LogP contribution in [0.25, 0.3) is 0 Å². The summed E-state index contributed by atoms with van der Waals surface area (Å²) in [5.74, 6) is -0.0849. The van der Waals surface area contributed by atoms with Gasteiger partial charge in [0.25, 0.3) is 30.1 Å². The molecule has 0 aromatic heterocycles. The molecule has 21 heteroatoms. The number of unbranched alkanes of at least 4 members (excludes halogenated alkanes) is 19. The molecule has 0 fully saturated rings. The van der Waals surface area contributed by atoms with Crippen LogP contribution in [0.5, 0.6) is 0 Å². The number of nitrogens with zero attached hydrogens (tertiary/aromatic N) is 3. The van der Waals surface area contributed by atoms with Crippen molar-refractivity contribution >= 4 is 65.4 Å². The molecule has 0 amide bonds. The standard InChI is InChI=1S/C28H40N2O4S.C26H38N2O2S.C22H30N2O2S.2CO2/c1-4-34-27(31)17-11-9-7-5-6-8-10-14-20-29-28-23-15-12-13-16-25(23)30(3)35(32,33)26-21-22(2)18-19-24(26)28;1-4-5-6-7-8-9-10-11-14-19-27-26-22-15-12-13-16-24(22)28(3)31(29,30)25-20-21(2)17-18-23(25)26;1-4-5-6-7-10-15-23-22-18-11-8-9-12-20(18)24(3)27(25,26)21-16-17(2)13-14-19(21)22;2*2-1-3/h12-13,15-16,18-19,21,28-29H,4-11,14,17,20H2,1-3H3;12-13,15-18,20,26-27H,4-11,14,19H2,1-3H3;8-9,11-14,16,22-23H,4-7,10,15H2,1-3H3;;. The number of hydrogen-bond donors (Lipinski definition) is 3. The summed E-state index contributed by atoms with van der Waals surface area (Å²) < 4.78 is 89.1. The van der Waals surface area contributed by atoms with Gasteiger partial charge in [-0.3, -0.25) is 17.7 Å². The molecule has 99 heavy (non-hydrogen) atoms. The molecule has 0 aliphatic carbocycles. The molecule has 3 atom stereocenters. The summed E-state index contributed by atoms with van der Waals surface area (Å²) in [6.07, 6.45) is 27.7. The second-order valence-corrected chi connectivity index (χ2v) is 31.5. The molecule has 0 saturated heterocycles. The van der Waals surface area contributed by atoms with E-state index in [0.717, 1.165) is 132 Å². The number of esters is 1. The molecular weight excluding hydrogens is 1310 g/mol. The molecule has 0 radical (unpaired) electrons. The molecule has 9 rings (SSSR count). The summed E-state index contributed by atoms with van der Waals surface area (Å²) in [5.41, 5.74) is 10.6. The number of anilines is 3. The number of rotatable bonds is 31. The molecule has 3 aliphatic rings. The minimum Gasteiger partial charge on any atom is -0.466 e. The lowest BCUT2D eigenvalue weighted by Crippen LogP contribution is -2.26. The molecule has 3 heterocycles. The normalized spacial score (nSPS) is 16.2. The minimum absolute atomic E-state index is 0.0849. The summed E-state index contributed by atoms with van der Waals surface area (Å²) in [7, 11) is -5.84. The lowest BCUT2D eigenvalue weighted by molar-refractivity contribution is -0.193. The molecule has 3 aliphatic heterocycles. The van der Waals surface area contributed by atoms with Gasteiger partial charge in [-0.1, -0.05) is 220 Å². The van der Waals surface area contributed by atoms with E-state index in [0.29, 0.717) is 27.7 Å². The first kappa shape index (κ1) is 82.3. The lowest BCUT2D eigenvalue weighted by Gasteiger charge is -2.22. The van der Waals surface area contributed by atoms with Crippen LogP contribution < -0.4 is 28.9 Å². The van der Waals surface area contributed by atoms with Crippen molar-refractivity contribution in [1.29, 1.82) is 0 Å². The number of aryl methyl sites for hydroxylation is 3. The van der Waals surface area contributed by atoms with Crippen LogP contribution in [-0.2, 0) is 58.8 Å². The highest BCUT2D eigenvalue weighted by Crippen LogP contribution is 2.43. The van der Waals surface area contributed by atoms with E-state index in [9.17, 15) is 30.0 Å². The van der Waals surface area contributed by atoms with Crippen LogP contribution >= 0.6 is 0 Å². The summed E-state index contributed by atoms with van der Waals surface area (Å²) >= 11 is 0. The fraction of sp³-hybridized carbons (Fsp3) is 0.500. The topological polar surface area (TPSA) is 243 Å². The van der Waals surface area contributed by atoms with Gasteiger partial charge >= 0.3 is 18.3 Å². The third-order valence-electron chi connectivity index (χ3n) is 18.3. The van der Waals surface area contributed by atoms with Crippen LogP contribution in [-0.4, -0.2) is 90.9 Å². The zero-order valence-corrected chi connectivity index (χ0v) is 62.4. The smallest absolute Gasteiger partial charge is 0.373 e. The molecule has 0 spiro atoms. The maximum absolute atomic E-state index is 13.4. The van der Waals surface area contributed by atoms with Crippen LogP contribution in [0.3, 0.4) is 0 Å². The quantitative estimate of drug-likeness (QED) is 0.0271. The van der Waals surface area contributed by atoms with Crippen LogP contribution in [0.2, 0.25) is 0 Å². The Balaban J connectivity index is 0.000000259. The molecular formula is C78H108N6O12S3. The Morgan fingerprint density at radius 1 is 0.374 bits per heavy atom. The summed E-state index contributed by atoms with van der Waals surface area (Å²) in [6.45, 7) is 15.2. The Morgan fingerprint density at radius 3 is 0.899 bits per heavy atom. The van der Waals surface area contributed by atoms with E-state index >= 15 is 0 Å². The van der Waals surface area contributed by atoms with Gasteiger partial charge in [-0.05, 0) is 159 Å². The number of carbonyl (C=O) groups is 1. The average Bonchev–Trinajstić information content (AvgIpc) is 1.64. The van der Waals surface area contributed by atoms with Gasteiger partial charge in [0.2, 0.25) is 0 Å². The Morgan fingerprint density at radius 2 is 0.626 bits per heavy atom. The van der Waals surface area contributed by atoms with Crippen molar-refractivity contribution in [2.24, 2.45) is 0 Å². The Kier molecular flexibility index (Phi) is 35.5. The van der Waals surface area contributed by atoms with Crippen molar-refractivity contribution in [1.82, 2.24) is 16.0 Å². The molecule has 3 unspecified atom stereocenters. The SMILES string of the molecule is CCCCCCCCCCCNC1c2ccccc2N(C)S(=O)(=O)c2cc(C)ccc21.CCCCCCCNC1c2ccccc2N(C)S(=O)(=O)c2cc(C)ccc21.CCOC(=O)CCCCCCCCCCNC1c2ccccc2N(C)S(=O)(=O)c2cc(C)ccc21.O=C=O.O=C=O. The predicted molar refractivity (Wildman–Crippen MR) is 393 cm³/mol. The third kappa shape index (κ3) is 23.6. The maximum atomic E-state index is 13.4. The number of hydrogen-bond acceptors (Lipinski definition) is 15. The largest absolute Gasteiger partial charge is 0.466 e. The van der Waals surface area contributed by atoms with E-state index in [-0.39, 0.29) is 36.4 Å². The van der Waals surface area contributed by atoms with Crippen LogP contribution in [0, 0.1) is 20.8 Å². The van der Waals surface area contributed by atoms with Crippen molar-refractivity contribution in [3.8, 4) is 0 Å². The van der Waals surface area contributed by atoms with Gasteiger partial charge in [0.1, 0.15) is 0 Å². The summed E-state index contributed by atoms with van der Waals surface area (Å²) in [5, 5.41) is 11.0. The zero-order valence-electron chi connectivity index (χ0n) is 59.9. The number of carbonyl (C=O) groups excluding carboxylic acids is 5. The number of benzene rings is 6. The number of ether oxygens (including phenoxy) is 1. The minimum atomic E-state index is -3.62. The second kappa shape index (κ2) is 42.7. The van der Waals surface area contributed by atoms with Crippen molar-refractivity contribution < 1.29 is 54.0 Å². The van der Waals surface area contributed by atoms with Gasteiger partial charge in [-0.15, -0.1) is 0 Å². The molecule has 18 nitrogen and oxygen atoms in total. The lowest BCUT2D eigenvalue weighted by atomic mass is 9.96. The zero-order chi connectivity index (χ0) is 72.4. The Hall–Kier alpha value is -7.32. The Bertz CT molecular complexity index is 3900.